The summed E-state index contributed by atoms with van der Waals surface area (Å²) in [5.41, 5.74) is 0. The first kappa shape index (κ1) is 28.9. The Morgan fingerprint density at radius 2 is 0.737 bits per heavy atom. The molecule has 4 aromatic heterocycles. The van der Waals surface area contributed by atoms with Crippen molar-refractivity contribution in [2.24, 2.45) is 0 Å². The smallest absolute Gasteiger partial charge is 0.104 e. The second-order valence-corrected chi connectivity index (χ2v) is 14.6. The van der Waals surface area contributed by atoms with E-state index >= 15 is 0 Å². The largest absolute Gasteiger partial charge is 0.469 e. The molecule has 4 rings (SSSR count). The second kappa shape index (κ2) is 17.5. The van der Waals surface area contributed by atoms with E-state index in [1.165, 1.54) is 0 Å². The average Bonchev–Trinajstić information content (AvgIpc) is 3.77. The summed E-state index contributed by atoms with van der Waals surface area (Å²) in [6, 6.07) is 16.1. The molecule has 0 atom stereocenters. The highest BCUT2D eigenvalue weighted by Gasteiger charge is 2.12. The standard InChI is InChI=1S/C30H40O6P2/c1-5-27(33-13-1)9-21-37(22-10-28-6-2-14-34-28)25-19-31-17-18-32-20-26-38(23-11-29-7-3-15-35-29)24-12-30-8-4-16-36-30/h1-8,13-16H,9-12,17-26H2. The number of rotatable bonds is 21. The maximum atomic E-state index is 5.96. The Kier molecular flexibility index (Phi) is 13.3. The SMILES string of the molecule is c1coc(CCP(CCOCCOCCP(CCc2ccco2)CCc2ccco2)CCc2ccco2)c1. The Morgan fingerprint density at radius 1 is 0.421 bits per heavy atom. The van der Waals surface area contributed by atoms with Gasteiger partial charge in [0.15, 0.2) is 0 Å². The topological polar surface area (TPSA) is 71.0 Å². The van der Waals surface area contributed by atoms with Gasteiger partial charge in [-0.15, -0.1) is 15.8 Å². The van der Waals surface area contributed by atoms with Crippen molar-refractivity contribution in [1.82, 2.24) is 0 Å². The highest BCUT2D eigenvalue weighted by molar-refractivity contribution is 7.57. The number of hydrogen-bond donors (Lipinski definition) is 0. The normalized spacial score (nSPS) is 11.7. The van der Waals surface area contributed by atoms with Gasteiger partial charge in [0.1, 0.15) is 23.0 Å². The Morgan fingerprint density at radius 3 is 1.00 bits per heavy atom. The van der Waals surface area contributed by atoms with E-state index in [2.05, 4.69) is 24.3 Å². The van der Waals surface area contributed by atoms with Gasteiger partial charge in [0.25, 0.3) is 0 Å². The second-order valence-electron chi connectivity index (χ2n) is 9.23. The van der Waals surface area contributed by atoms with Gasteiger partial charge in [0.05, 0.1) is 51.5 Å². The fourth-order valence-corrected chi connectivity index (χ4v) is 8.54. The summed E-state index contributed by atoms with van der Waals surface area (Å²) in [6.07, 6.45) is 17.8. The number of ether oxygens (including phenoxy) is 2. The van der Waals surface area contributed by atoms with Crippen LogP contribution < -0.4 is 0 Å². The summed E-state index contributed by atoms with van der Waals surface area (Å²) in [7, 11) is -0.290. The van der Waals surface area contributed by atoms with E-state index in [9.17, 15) is 0 Å². The fourth-order valence-electron chi connectivity index (χ4n) is 4.27. The molecule has 0 aliphatic heterocycles. The minimum absolute atomic E-state index is 0.145. The van der Waals surface area contributed by atoms with Crippen LogP contribution in [-0.4, -0.2) is 63.4 Å². The molecule has 0 radical (unpaired) electrons. The van der Waals surface area contributed by atoms with Crippen LogP contribution in [0.25, 0.3) is 0 Å². The third kappa shape index (κ3) is 11.3. The van der Waals surface area contributed by atoms with E-state index in [1.807, 2.05) is 24.3 Å². The summed E-state index contributed by atoms with van der Waals surface area (Å²) in [5.74, 6) is 4.27. The lowest BCUT2D eigenvalue weighted by atomic mass is 10.4. The summed E-state index contributed by atoms with van der Waals surface area (Å²) >= 11 is 0. The number of aryl methyl sites for hydroxylation is 4. The van der Waals surface area contributed by atoms with Gasteiger partial charge in [-0.3, -0.25) is 0 Å². The molecular weight excluding hydrogens is 518 g/mol. The van der Waals surface area contributed by atoms with Crippen molar-refractivity contribution in [3.05, 3.63) is 96.6 Å². The Labute approximate surface area is 228 Å². The third-order valence-electron chi connectivity index (χ3n) is 6.49. The van der Waals surface area contributed by atoms with Gasteiger partial charge in [0.2, 0.25) is 0 Å². The Bertz CT molecular complexity index is 882. The van der Waals surface area contributed by atoms with Crippen molar-refractivity contribution in [2.45, 2.75) is 25.7 Å². The van der Waals surface area contributed by atoms with Crippen LogP contribution in [0.4, 0.5) is 0 Å². The van der Waals surface area contributed by atoms with Gasteiger partial charge in [0, 0.05) is 25.7 Å². The Hall–Kier alpha value is -2.10. The fraction of sp³-hybridized carbons (Fsp3) is 0.467. The van der Waals surface area contributed by atoms with Crippen LogP contribution in [0.3, 0.4) is 0 Å². The number of hydrogen-bond acceptors (Lipinski definition) is 6. The van der Waals surface area contributed by atoms with Crippen LogP contribution in [0.2, 0.25) is 0 Å². The minimum Gasteiger partial charge on any atom is -0.469 e. The molecule has 0 N–H and O–H groups in total. The van der Waals surface area contributed by atoms with Gasteiger partial charge in [-0.05, 0) is 85.5 Å². The van der Waals surface area contributed by atoms with Gasteiger partial charge in [-0.2, -0.15) is 0 Å². The van der Waals surface area contributed by atoms with E-state index in [4.69, 9.17) is 27.1 Å². The van der Waals surface area contributed by atoms with E-state index in [1.54, 1.807) is 25.1 Å². The minimum atomic E-state index is -0.145. The third-order valence-corrected chi connectivity index (χ3v) is 11.5. The zero-order valence-corrected chi connectivity index (χ0v) is 24.0. The molecule has 0 fully saturated rings. The van der Waals surface area contributed by atoms with Crippen molar-refractivity contribution in [1.29, 1.82) is 0 Å². The Balaban J connectivity index is 1.09. The van der Waals surface area contributed by atoms with Gasteiger partial charge >= 0.3 is 0 Å². The monoisotopic (exact) mass is 558 g/mol. The lowest BCUT2D eigenvalue weighted by Gasteiger charge is -2.18. The van der Waals surface area contributed by atoms with Crippen LogP contribution >= 0.6 is 15.8 Å². The van der Waals surface area contributed by atoms with Crippen molar-refractivity contribution in [3.8, 4) is 0 Å². The van der Waals surface area contributed by atoms with Crippen LogP contribution in [0, 0.1) is 0 Å². The quantitative estimate of drug-likeness (QED) is 0.0788. The predicted molar refractivity (Wildman–Crippen MR) is 154 cm³/mol. The maximum Gasteiger partial charge on any atom is 0.104 e. The van der Waals surface area contributed by atoms with Crippen molar-refractivity contribution in [3.63, 3.8) is 0 Å². The van der Waals surface area contributed by atoms with Crippen LogP contribution in [0.15, 0.2) is 91.3 Å². The summed E-state index contributed by atoms with van der Waals surface area (Å²) in [6.45, 7) is 2.86. The highest BCUT2D eigenvalue weighted by atomic mass is 31.1. The molecule has 0 spiro atoms. The van der Waals surface area contributed by atoms with Crippen LogP contribution in [0.5, 0.6) is 0 Å². The number of furan rings is 4. The molecule has 4 aromatic rings. The van der Waals surface area contributed by atoms with Crippen molar-refractivity contribution >= 4 is 15.8 Å². The maximum absolute atomic E-state index is 5.96. The highest BCUT2D eigenvalue weighted by Crippen LogP contribution is 2.37. The van der Waals surface area contributed by atoms with Gasteiger partial charge < -0.3 is 27.1 Å². The molecule has 0 amide bonds. The lowest BCUT2D eigenvalue weighted by Crippen LogP contribution is -2.11. The van der Waals surface area contributed by atoms with E-state index in [-0.39, 0.29) is 15.8 Å². The van der Waals surface area contributed by atoms with Gasteiger partial charge in [-0.25, -0.2) is 0 Å². The molecule has 0 aliphatic rings. The van der Waals surface area contributed by atoms with Gasteiger partial charge in [-0.1, -0.05) is 0 Å². The van der Waals surface area contributed by atoms with Crippen molar-refractivity contribution < 1.29 is 27.1 Å². The zero-order chi connectivity index (χ0) is 26.1. The molecule has 0 aromatic carbocycles. The molecule has 4 heterocycles. The summed E-state index contributed by atoms with van der Waals surface area (Å²) in [5, 5.41) is 0. The van der Waals surface area contributed by atoms with E-state index in [0.717, 1.165) is 98.9 Å². The molecule has 0 saturated heterocycles. The molecule has 8 heteroatoms. The van der Waals surface area contributed by atoms with Crippen molar-refractivity contribution in [2.75, 3.05) is 63.4 Å². The molecule has 38 heavy (non-hydrogen) atoms. The van der Waals surface area contributed by atoms with E-state index < -0.39 is 0 Å². The predicted octanol–water partition coefficient (Wildman–Crippen LogP) is 7.33. The van der Waals surface area contributed by atoms with Crippen LogP contribution in [0.1, 0.15) is 23.0 Å². The molecule has 0 unspecified atom stereocenters. The first-order valence-corrected chi connectivity index (χ1v) is 17.3. The summed E-state index contributed by atoms with van der Waals surface area (Å²) in [4.78, 5) is 0. The zero-order valence-electron chi connectivity index (χ0n) is 22.2. The molecular formula is C30H40O6P2. The molecule has 0 aliphatic carbocycles. The first-order valence-electron chi connectivity index (χ1n) is 13.5. The molecule has 6 nitrogen and oxygen atoms in total. The molecule has 0 bridgehead atoms. The molecule has 206 valence electrons. The van der Waals surface area contributed by atoms with E-state index in [0.29, 0.717) is 13.2 Å². The first-order chi connectivity index (χ1) is 18.8. The van der Waals surface area contributed by atoms with Crippen LogP contribution in [-0.2, 0) is 35.2 Å². The average molecular weight is 559 g/mol. The molecule has 0 saturated carbocycles. The summed E-state index contributed by atoms with van der Waals surface area (Å²) < 4.78 is 34.1. The lowest BCUT2D eigenvalue weighted by molar-refractivity contribution is 0.0600.